The molecule has 4 atom stereocenters. The molecule has 3 heterocycles. The molecule has 0 aliphatic carbocycles. The lowest BCUT2D eigenvalue weighted by molar-refractivity contribution is 0.300. The molecule has 0 radical (unpaired) electrons. The number of likely N-dealkylation sites (tertiary alicyclic amines) is 1. The van der Waals surface area contributed by atoms with Gasteiger partial charge in [0.25, 0.3) is 0 Å². The molecule has 5 nitrogen and oxygen atoms in total. The van der Waals surface area contributed by atoms with Crippen LogP contribution in [0.2, 0.25) is 0 Å². The zero-order valence-electron chi connectivity index (χ0n) is 16.1. The fourth-order valence-electron chi connectivity index (χ4n) is 4.61. The van der Waals surface area contributed by atoms with E-state index in [1.54, 1.807) is 0 Å². The number of nitrogen functional groups attached to an aromatic ring is 1. The lowest BCUT2D eigenvalue weighted by Gasteiger charge is -2.28. The van der Waals surface area contributed by atoms with E-state index < -0.39 is 0 Å². The Bertz CT molecular complexity index is 734. The number of benzene rings is 1. The van der Waals surface area contributed by atoms with Crippen LogP contribution in [-0.2, 0) is 6.54 Å². The van der Waals surface area contributed by atoms with Crippen molar-refractivity contribution in [2.75, 3.05) is 31.9 Å². The second kappa shape index (κ2) is 8.38. The maximum absolute atomic E-state index is 5.89. The van der Waals surface area contributed by atoms with E-state index in [-0.39, 0.29) is 0 Å². The number of pyridine rings is 1. The Morgan fingerprint density at radius 2 is 2.04 bits per heavy atom. The lowest BCUT2D eigenvalue weighted by Crippen LogP contribution is -2.45. The second-order valence-electron chi connectivity index (χ2n) is 8.08. The molecule has 0 saturated carbocycles. The van der Waals surface area contributed by atoms with Crippen molar-refractivity contribution < 1.29 is 0 Å². The molecule has 1 unspecified atom stereocenters. The number of nitrogens with zero attached hydrogens (tertiary/aromatic N) is 2. The molecule has 5 heteroatoms. The normalized spacial score (nSPS) is 27.1. The molecule has 4 rings (SSSR count). The van der Waals surface area contributed by atoms with Crippen molar-refractivity contribution in [1.82, 2.24) is 20.5 Å². The van der Waals surface area contributed by atoms with Gasteiger partial charge in [0, 0.05) is 56.4 Å². The number of hydrogen-bond acceptors (Lipinski definition) is 5. The molecule has 144 valence electrons. The number of hydrogen-bond donors (Lipinski definition) is 3. The largest absolute Gasteiger partial charge is 0.384 e. The summed E-state index contributed by atoms with van der Waals surface area (Å²) in [5.74, 6) is 1.55. The molecular formula is C22H31N5. The topological polar surface area (TPSA) is 66.2 Å². The van der Waals surface area contributed by atoms with Crippen LogP contribution >= 0.6 is 0 Å². The van der Waals surface area contributed by atoms with Crippen LogP contribution in [0.15, 0.2) is 48.5 Å². The van der Waals surface area contributed by atoms with Crippen molar-refractivity contribution in [2.24, 2.45) is 5.92 Å². The Morgan fingerprint density at radius 3 is 2.85 bits per heavy atom. The van der Waals surface area contributed by atoms with Crippen molar-refractivity contribution in [1.29, 1.82) is 0 Å². The number of rotatable bonds is 6. The van der Waals surface area contributed by atoms with E-state index in [4.69, 9.17) is 5.73 Å². The van der Waals surface area contributed by atoms with E-state index in [9.17, 15) is 0 Å². The van der Waals surface area contributed by atoms with Crippen LogP contribution in [0, 0.1) is 5.92 Å². The highest BCUT2D eigenvalue weighted by Gasteiger charge is 2.35. The van der Waals surface area contributed by atoms with Crippen molar-refractivity contribution in [3.05, 3.63) is 59.8 Å². The molecule has 0 bridgehead atoms. The van der Waals surface area contributed by atoms with Gasteiger partial charge >= 0.3 is 0 Å². The van der Waals surface area contributed by atoms with Gasteiger partial charge in [0.05, 0.1) is 0 Å². The second-order valence-corrected chi connectivity index (χ2v) is 8.08. The van der Waals surface area contributed by atoms with E-state index in [1.807, 2.05) is 12.1 Å². The van der Waals surface area contributed by atoms with Crippen LogP contribution in [0.5, 0.6) is 0 Å². The molecule has 1 aromatic carbocycles. The average Bonchev–Trinajstić information content (AvgIpc) is 3.32. The highest BCUT2D eigenvalue weighted by Crippen LogP contribution is 2.29. The van der Waals surface area contributed by atoms with Gasteiger partial charge in [-0.05, 0) is 30.0 Å². The van der Waals surface area contributed by atoms with E-state index in [0.29, 0.717) is 29.7 Å². The average molecular weight is 366 g/mol. The molecule has 2 aliphatic rings. The van der Waals surface area contributed by atoms with Crippen LogP contribution in [-0.4, -0.2) is 48.1 Å². The van der Waals surface area contributed by atoms with E-state index in [0.717, 1.165) is 31.9 Å². The van der Waals surface area contributed by atoms with Crippen LogP contribution in [0.1, 0.15) is 30.5 Å². The Kier molecular flexibility index (Phi) is 5.72. The van der Waals surface area contributed by atoms with E-state index in [2.05, 4.69) is 63.8 Å². The van der Waals surface area contributed by atoms with Gasteiger partial charge in [-0.15, -0.1) is 0 Å². The van der Waals surface area contributed by atoms with Gasteiger partial charge in [-0.1, -0.05) is 43.3 Å². The van der Waals surface area contributed by atoms with Gasteiger partial charge in [0.15, 0.2) is 0 Å². The summed E-state index contributed by atoms with van der Waals surface area (Å²) in [5.41, 5.74) is 8.40. The van der Waals surface area contributed by atoms with Gasteiger partial charge in [-0.3, -0.25) is 4.90 Å². The minimum absolute atomic E-state index is 0.392. The Morgan fingerprint density at radius 1 is 1.19 bits per heavy atom. The predicted molar refractivity (Wildman–Crippen MR) is 110 cm³/mol. The van der Waals surface area contributed by atoms with Gasteiger partial charge in [0.1, 0.15) is 5.82 Å². The molecule has 2 saturated heterocycles. The summed E-state index contributed by atoms with van der Waals surface area (Å²) >= 11 is 0. The summed E-state index contributed by atoms with van der Waals surface area (Å²) in [6.07, 6.45) is 1.22. The van der Waals surface area contributed by atoms with E-state index in [1.165, 1.54) is 18.5 Å². The highest BCUT2D eigenvalue weighted by molar-refractivity contribution is 5.30. The molecule has 0 amide bonds. The molecule has 1 aromatic heterocycles. The summed E-state index contributed by atoms with van der Waals surface area (Å²) in [6.45, 7) is 7.70. The quantitative estimate of drug-likeness (QED) is 0.732. The number of anilines is 1. The number of nitrogens with two attached hydrogens (primary N) is 1. The Balaban J connectivity index is 1.33. The third-order valence-electron chi connectivity index (χ3n) is 6.13. The van der Waals surface area contributed by atoms with Crippen LogP contribution < -0.4 is 16.4 Å². The first-order valence-corrected chi connectivity index (χ1v) is 10.1. The highest BCUT2D eigenvalue weighted by atomic mass is 15.2. The predicted octanol–water partition coefficient (Wildman–Crippen LogP) is 2.22. The third-order valence-corrected chi connectivity index (χ3v) is 6.13. The van der Waals surface area contributed by atoms with Crippen LogP contribution in [0.25, 0.3) is 0 Å². The van der Waals surface area contributed by atoms with Crippen LogP contribution in [0.3, 0.4) is 0 Å². The summed E-state index contributed by atoms with van der Waals surface area (Å²) in [5, 5.41) is 7.52. The van der Waals surface area contributed by atoms with Gasteiger partial charge in [-0.2, -0.15) is 0 Å². The first kappa shape index (κ1) is 18.4. The minimum atomic E-state index is 0.392. The summed E-state index contributed by atoms with van der Waals surface area (Å²) in [7, 11) is 0. The Labute approximate surface area is 162 Å². The molecule has 2 aliphatic heterocycles. The molecule has 2 aromatic rings. The van der Waals surface area contributed by atoms with Gasteiger partial charge in [-0.25, -0.2) is 4.98 Å². The fourth-order valence-corrected chi connectivity index (χ4v) is 4.61. The molecule has 27 heavy (non-hydrogen) atoms. The Hall–Kier alpha value is -1.95. The summed E-state index contributed by atoms with van der Waals surface area (Å²) in [4.78, 5) is 7.12. The lowest BCUT2D eigenvalue weighted by atomic mass is 9.86. The maximum atomic E-state index is 5.89. The van der Waals surface area contributed by atoms with Crippen molar-refractivity contribution in [2.45, 2.75) is 37.9 Å². The molecule has 2 fully saturated rings. The molecular weight excluding hydrogens is 334 g/mol. The van der Waals surface area contributed by atoms with Crippen molar-refractivity contribution in [3.63, 3.8) is 0 Å². The van der Waals surface area contributed by atoms with Crippen molar-refractivity contribution >= 4 is 5.82 Å². The summed E-state index contributed by atoms with van der Waals surface area (Å²) in [6, 6.07) is 17.8. The molecule has 4 N–H and O–H groups in total. The monoisotopic (exact) mass is 365 g/mol. The minimum Gasteiger partial charge on any atom is -0.384 e. The van der Waals surface area contributed by atoms with E-state index >= 15 is 0 Å². The zero-order valence-corrected chi connectivity index (χ0v) is 16.1. The molecule has 0 spiro atoms. The summed E-state index contributed by atoms with van der Waals surface area (Å²) < 4.78 is 0. The maximum Gasteiger partial charge on any atom is 0.123 e. The zero-order chi connectivity index (χ0) is 18.6. The smallest absolute Gasteiger partial charge is 0.123 e. The van der Waals surface area contributed by atoms with Gasteiger partial charge in [0.2, 0.25) is 0 Å². The van der Waals surface area contributed by atoms with Gasteiger partial charge < -0.3 is 16.4 Å². The first-order valence-electron chi connectivity index (χ1n) is 10.1. The third kappa shape index (κ3) is 4.49. The SMILES string of the molecule is C[C@@H](c1cccc(N)n1)C1CNC[C@H]1N[C@@H]1CCN(Cc2ccccc2)C1. The number of aromatic nitrogens is 1. The first-order chi connectivity index (χ1) is 13.2. The van der Waals surface area contributed by atoms with Crippen LogP contribution in [0.4, 0.5) is 5.82 Å². The fraction of sp³-hybridized carbons (Fsp3) is 0.500. The number of nitrogens with one attached hydrogen (secondary N) is 2. The standard InChI is InChI=1S/C22H31N5/c1-16(20-8-5-9-22(23)26-20)19-12-24-13-21(19)25-18-10-11-27(15-18)14-17-6-3-2-4-7-17/h2-9,16,18-19,21,24-25H,10-15H2,1H3,(H2,23,26)/t16-,18-,19?,21-/m1/s1. The van der Waals surface area contributed by atoms with Crippen molar-refractivity contribution in [3.8, 4) is 0 Å².